The molecule has 2 atom stereocenters. The van der Waals surface area contributed by atoms with E-state index in [0.717, 1.165) is 38.5 Å². The number of hydrogen-bond acceptors (Lipinski definition) is 1. The summed E-state index contributed by atoms with van der Waals surface area (Å²) >= 11 is 0. The SMILES string of the molecule is CCCC(CC)C(=O)NC1CCCC=C1F. The van der Waals surface area contributed by atoms with Crippen LogP contribution < -0.4 is 5.32 Å². The smallest absolute Gasteiger partial charge is 0.223 e. The van der Waals surface area contributed by atoms with Gasteiger partial charge in [0.1, 0.15) is 5.83 Å². The number of rotatable bonds is 5. The molecule has 0 bridgehead atoms. The topological polar surface area (TPSA) is 29.1 Å². The molecule has 1 N–H and O–H groups in total. The summed E-state index contributed by atoms with van der Waals surface area (Å²) in [6.07, 6.45) is 6.80. The normalized spacial score (nSPS) is 22.4. The fourth-order valence-corrected chi connectivity index (χ4v) is 2.14. The molecule has 0 fully saturated rings. The van der Waals surface area contributed by atoms with E-state index in [9.17, 15) is 9.18 Å². The maximum atomic E-state index is 13.4. The predicted molar refractivity (Wildman–Crippen MR) is 63.7 cm³/mol. The van der Waals surface area contributed by atoms with E-state index < -0.39 is 0 Å². The van der Waals surface area contributed by atoms with E-state index >= 15 is 0 Å². The average molecular weight is 227 g/mol. The van der Waals surface area contributed by atoms with Crippen LogP contribution in [0.4, 0.5) is 4.39 Å². The highest BCUT2D eigenvalue weighted by molar-refractivity contribution is 5.79. The molecule has 0 aromatic heterocycles. The molecule has 1 aliphatic carbocycles. The highest BCUT2D eigenvalue weighted by Gasteiger charge is 2.23. The average Bonchev–Trinajstić information content (AvgIpc) is 2.29. The molecule has 2 unspecified atom stereocenters. The van der Waals surface area contributed by atoms with Gasteiger partial charge in [0, 0.05) is 5.92 Å². The third-order valence-corrected chi connectivity index (χ3v) is 3.19. The number of nitrogens with one attached hydrogen (secondary N) is 1. The third kappa shape index (κ3) is 3.62. The lowest BCUT2D eigenvalue weighted by atomic mass is 9.97. The van der Waals surface area contributed by atoms with Crippen molar-refractivity contribution < 1.29 is 9.18 Å². The minimum Gasteiger partial charge on any atom is -0.347 e. The largest absolute Gasteiger partial charge is 0.347 e. The monoisotopic (exact) mass is 227 g/mol. The van der Waals surface area contributed by atoms with Gasteiger partial charge < -0.3 is 5.32 Å². The Labute approximate surface area is 97.3 Å². The second-order valence-electron chi connectivity index (χ2n) is 4.47. The summed E-state index contributed by atoms with van der Waals surface area (Å²) in [6.45, 7) is 4.07. The van der Waals surface area contributed by atoms with Gasteiger partial charge in [-0.25, -0.2) is 4.39 Å². The number of hydrogen-bond donors (Lipinski definition) is 1. The van der Waals surface area contributed by atoms with Crippen LogP contribution in [0.15, 0.2) is 11.9 Å². The van der Waals surface area contributed by atoms with Crippen LogP contribution in [0.25, 0.3) is 0 Å². The fraction of sp³-hybridized carbons (Fsp3) is 0.769. The van der Waals surface area contributed by atoms with Gasteiger partial charge in [0.05, 0.1) is 6.04 Å². The Hall–Kier alpha value is -0.860. The molecule has 0 aliphatic heterocycles. The molecule has 92 valence electrons. The van der Waals surface area contributed by atoms with Crippen molar-refractivity contribution in [2.75, 3.05) is 0 Å². The molecule has 0 aromatic carbocycles. The van der Waals surface area contributed by atoms with Crippen molar-refractivity contribution in [3.05, 3.63) is 11.9 Å². The number of amides is 1. The van der Waals surface area contributed by atoms with Crippen molar-refractivity contribution in [1.29, 1.82) is 0 Å². The fourth-order valence-electron chi connectivity index (χ4n) is 2.14. The van der Waals surface area contributed by atoms with Gasteiger partial charge in [0.15, 0.2) is 0 Å². The van der Waals surface area contributed by atoms with Crippen LogP contribution in [0.5, 0.6) is 0 Å². The van der Waals surface area contributed by atoms with Gasteiger partial charge in [0.25, 0.3) is 0 Å². The lowest BCUT2D eigenvalue weighted by Gasteiger charge is -2.23. The molecule has 0 radical (unpaired) electrons. The summed E-state index contributed by atoms with van der Waals surface area (Å²) in [5.74, 6) is -0.106. The van der Waals surface area contributed by atoms with Crippen LogP contribution in [-0.2, 0) is 4.79 Å². The molecule has 0 spiro atoms. The molecule has 2 nitrogen and oxygen atoms in total. The lowest BCUT2D eigenvalue weighted by Crippen LogP contribution is -2.40. The molecule has 0 aromatic rings. The summed E-state index contributed by atoms with van der Waals surface area (Å²) in [7, 11) is 0. The highest BCUT2D eigenvalue weighted by atomic mass is 19.1. The zero-order valence-electron chi connectivity index (χ0n) is 10.3. The molecule has 3 heteroatoms. The quantitative estimate of drug-likeness (QED) is 0.767. The Morgan fingerprint density at radius 2 is 2.38 bits per heavy atom. The highest BCUT2D eigenvalue weighted by Crippen LogP contribution is 2.20. The summed E-state index contributed by atoms with van der Waals surface area (Å²) in [5.41, 5.74) is 0. The van der Waals surface area contributed by atoms with Crippen molar-refractivity contribution >= 4 is 5.91 Å². The Morgan fingerprint density at radius 3 is 2.94 bits per heavy atom. The molecular weight excluding hydrogens is 205 g/mol. The van der Waals surface area contributed by atoms with E-state index in [-0.39, 0.29) is 23.7 Å². The first kappa shape index (κ1) is 13.2. The molecule has 1 amide bonds. The molecule has 1 rings (SSSR count). The molecule has 16 heavy (non-hydrogen) atoms. The first-order valence-electron chi connectivity index (χ1n) is 6.35. The summed E-state index contributed by atoms with van der Waals surface area (Å²) in [4.78, 5) is 11.9. The number of carbonyl (C=O) groups is 1. The third-order valence-electron chi connectivity index (χ3n) is 3.19. The van der Waals surface area contributed by atoms with Gasteiger partial charge in [0.2, 0.25) is 5.91 Å². The zero-order chi connectivity index (χ0) is 12.0. The van der Waals surface area contributed by atoms with Gasteiger partial charge >= 0.3 is 0 Å². The van der Waals surface area contributed by atoms with Gasteiger partial charge in [-0.3, -0.25) is 4.79 Å². The minimum absolute atomic E-state index is 0.0137. The number of allylic oxidation sites excluding steroid dienone is 1. The Kier molecular flexibility index (Phi) is 5.50. The van der Waals surface area contributed by atoms with Crippen molar-refractivity contribution in [3.8, 4) is 0 Å². The van der Waals surface area contributed by atoms with Crippen LogP contribution in [0.3, 0.4) is 0 Å². The maximum Gasteiger partial charge on any atom is 0.223 e. The van der Waals surface area contributed by atoms with Gasteiger partial charge in [-0.2, -0.15) is 0 Å². The van der Waals surface area contributed by atoms with Crippen LogP contribution in [-0.4, -0.2) is 11.9 Å². The summed E-state index contributed by atoms with van der Waals surface area (Å²) in [5, 5.41) is 2.82. The van der Waals surface area contributed by atoms with E-state index in [0.29, 0.717) is 0 Å². The number of carbonyl (C=O) groups excluding carboxylic acids is 1. The van der Waals surface area contributed by atoms with E-state index in [1.54, 1.807) is 6.08 Å². The zero-order valence-corrected chi connectivity index (χ0v) is 10.3. The second-order valence-corrected chi connectivity index (χ2v) is 4.47. The van der Waals surface area contributed by atoms with E-state index in [2.05, 4.69) is 12.2 Å². The van der Waals surface area contributed by atoms with Crippen LogP contribution in [0.1, 0.15) is 52.4 Å². The van der Waals surface area contributed by atoms with E-state index in [1.165, 1.54) is 0 Å². The van der Waals surface area contributed by atoms with Gasteiger partial charge in [-0.1, -0.05) is 26.3 Å². The van der Waals surface area contributed by atoms with Crippen molar-refractivity contribution in [3.63, 3.8) is 0 Å². The Morgan fingerprint density at radius 1 is 1.62 bits per heavy atom. The first-order chi connectivity index (χ1) is 7.69. The Balaban J connectivity index is 2.49. The predicted octanol–water partition coefficient (Wildman–Crippen LogP) is 3.33. The summed E-state index contributed by atoms with van der Waals surface area (Å²) in [6, 6.07) is -0.368. The molecule has 0 heterocycles. The first-order valence-corrected chi connectivity index (χ1v) is 6.35. The van der Waals surface area contributed by atoms with Crippen molar-refractivity contribution in [2.45, 2.75) is 58.4 Å². The van der Waals surface area contributed by atoms with Crippen LogP contribution >= 0.6 is 0 Å². The van der Waals surface area contributed by atoms with Gasteiger partial charge in [-0.15, -0.1) is 0 Å². The molecule has 0 saturated heterocycles. The number of halogens is 1. The van der Waals surface area contributed by atoms with Crippen LogP contribution in [0.2, 0.25) is 0 Å². The maximum absolute atomic E-state index is 13.4. The summed E-state index contributed by atoms with van der Waals surface area (Å²) < 4.78 is 13.4. The minimum atomic E-state index is -0.368. The van der Waals surface area contributed by atoms with Crippen molar-refractivity contribution in [1.82, 2.24) is 5.32 Å². The molecular formula is C13H22FNO. The van der Waals surface area contributed by atoms with E-state index in [1.807, 2.05) is 6.92 Å². The standard InChI is InChI=1S/C13H22FNO/c1-3-7-10(4-2)13(16)15-12-9-6-5-8-11(12)14/h8,10,12H,3-7,9H2,1-2H3,(H,15,16). The van der Waals surface area contributed by atoms with Crippen LogP contribution in [0, 0.1) is 5.92 Å². The van der Waals surface area contributed by atoms with E-state index in [4.69, 9.17) is 0 Å². The van der Waals surface area contributed by atoms with Gasteiger partial charge in [-0.05, 0) is 32.1 Å². The lowest BCUT2D eigenvalue weighted by molar-refractivity contribution is -0.126. The molecule has 0 saturated carbocycles. The molecule has 1 aliphatic rings. The van der Waals surface area contributed by atoms with Crippen molar-refractivity contribution in [2.24, 2.45) is 5.92 Å². The Bertz CT molecular complexity index is 263. The second kappa shape index (κ2) is 6.66.